The maximum absolute atomic E-state index is 12.6. The second-order valence-corrected chi connectivity index (χ2v) is 6.70. The first kappa shape index (κ1) is 16.4. The van der Waals surface area contributed by atoms with Gasteiger partial charge in [-0.25, -0.2) is 4.79 Å². The van der Waals surface area contributed by atoms with E-state index in [0.717, 1.165) is 32.3 Å². The number of amides is 2. The third-order valence-corrected chi connectivity index (χ3v) is 4.82. The standard InChI is InChI=1S/C21H16BrN3O/c22-16-11-5-7-13-18(16)24-21(26)25-20-15-10-4-6-12-17(15)23-19(20)14-8-2-1-3-9-14/h1-13,23H,(H2,24,25,26). The molecule has 0 bridgehead atoms. The zero-order chi connectivity index (χ0) is 17.9. The number of urea groups is 1. The fourth-order valence-corrected chi connectivity index (χ4v) is 3.31. The summed E-state index contributed by atoms with van der Waals surface area (Å²) in [6.07, 6.45) is 0. The molecule has 4 nitrogen and oxygen atoms in total. The van der Waals surface area contributed by atoms with Gasteiger partial charge in [0.15, 0.2) is 0 Å². The highest BCUT2D eigenvalue weighted by Gasteiger charge is 2.15. The first-order valence-electron chi connectivity index (χ1n) is 8.21. The first-order valence-corrected chi connectivity index (χ1v) is 9.00. The van der Waals surface area contributed by atoms with Crippen LogP contribution in [0.3, 0.4) is 0 Å². The highest BCUT2D eigenvalue weighted by Crippen LogP contribution is 2.35. The van der Waals surface area contributed by atoms with Crippen LogP contribution in [0.4, 0.5) is 16.2 Å². The fourth-order valence-electron chi connectivity index (χ4n) is 2.92. The summed E-state index contributed by atoms with van der Waals surface area (Å²) in [5.74, 6) is 0. The molecule has 4 aromatic rings. The summed E-state index contributed by atoms with van der Waals surface area (Å²) in [7, 11) is 0. The molecule has 3 N–H and O–H groups in total. The number of rotatable bonds is 3. The van der Waals surface area contributed by atoms with E-state index in [1.54, 1.807) is 0 Å². The summed E-state index contributed by atoms with van der Waals surface area (Å²) in [6.45, 7) is 0. The van der Waals surface area contributed by atoms with Gasteiger partial charge in [-0.05, 0) is 34.1 Å². The van der Waals surface area contributed by atoms with Crippen molar-refractivity contribution in [3.05, 3.63) is 83.3 Å². The van der Waals surface area contributed by atoms with Crippen molar-refractivity contribution >= 4 is 44.2 Å². The zero-order valence-corrected chi connectivity index (χ0v) is 15.4. The van der Waals surface area contributed by atoms with Gasteiger partial charge in [-0.3, -0.25) is 0 Å². The zero-order valence-electron chi connectivity index (χ0n) is 13.8. The van der Waals surface area contributed by atoms with Gasteiger partial charge in [0.05, 0.1) is 17.1 Å². The lowest BCUT2D eigenvalue weighted by atomic mass is 10.1. The van der Waals surface area contributed by atoms with Crippen LogP contribution in [-0.4, -0.2) is 11.0 Å². The Morgan fingerprint density at radius 1 is 0.808 bits per heavy atom. The Balaban J connectivity index is 1.71. The minimum absolute atomic E-state index is 0.293. The van der Waals surface area contributed by atoms with Crippen LogP contribution in [0.15, 0.2) is 83.3 Å². The van der Waals surface area contributed by atoms with Gasteiger partial charge in [-0.2, -0.15) is 0 Å². The number of anilines is 2. The third-order valence-electron chi connectivity index (χ3n) is 4.13. The molecule has 128 valence electrons. The van der Waals surface area contributed by atoms with Crippen molar-refractivity contribution in [1.29, 1.82) is 0 Å². The maximum Gasteiger partial charge on any atom is 0.323 e. The number of H-pyrrole nitrogens is 1. The highest BCUT2D eigenvalue weighted by atomic mass is 79.9. The fraction of sp³-hybridized carbons (Fsp3) is 0. The molecule has 4 rings (SSSR count). The van der Waals surface area contributed by atoms with Gasteiger partial charge in [0.1, 0.15) is 0 Å². The van der Waals surface area contributed by atoms with Gasteiger partial charge in [0.25, 0.3) is 0 Å². The summed E-state index contributed by atoms with van der Waals surface area (Å²) >= 11 is 3.44. The molecule has 3 aromatic carbocycles. The van der Waals surface area contributed by atoms with Crippen molar-refractivity contribution < 1.29 is 4.79 Å². The Hall–Kier alpha value is -3.05. The molecule has 26 heavy (non-hydrogen) atoms. The molecular formula is C21H16BrN3O. The second-order valence-electron chi connectivity index (χ2n) is 5.85. The molecule has 0 aliphatic carbocycles. The summed E-state index contributed by atoms with van der Waals surface area (Å²) in [6, 6.07) is 25.1. The number of halogens is 1. The van der Waals surface area contributed by atoms with Crippen LogP contribution in [0, 0.1) is 0 Å². The van der Waals surface area contributed by atoms with Crippen LogP contribution in [-0.2, 0) is 0 Å². The Labute approximate surface area is 159 Å². The average Bonchev–Trinajstić information content (AvgIpc) is 3.03. The summed E-state index contributed by atoms with van der Waals surface area (Å²) in [5.41, 5.74) is 4.35. The van der Waals surface area contributed by atoms with Crippen molar-refractivity contribution in [1.82, 2.24) is 4.98 Å². The molecule has 0 spiro atoms. The van der Waals surface area contributed by atoms with Crippen LogP contribution in [0.1, 0.15) is 0 Å². The van der Waals surface area contributed by atoms with Crippen molar-refractivity contribution in [2.75, 3.05) is 10.6 Å². The van der Waals surface area contributed by atoms with E-state index in [0.29, 0.717) is 5.69 Å². The summed E-state index contributed by atoms with van der Waals surface area (Å²) < 4.78 is 0.831. The van der Waals surface area contributed by atoms with Gasteiger partial charge >= 0.3 is 6.03 Å². The smallest absolute Gasteiger partial charge is 0.323 e. The highest BCUT2D eigenvalue weighted by molar-refractivity contribution is 9.10. The van der Waals surface area contributed by atoms with Gasteiger partial charge in [0, 0.05) is 20.9 Å². The van der Waals surface area contributed by atoms with Crippen LogP contribution in [0.5, 0.6) is 0 Å². The molecule has 0 aliphatic rings. The number of benzene rings is 3. The molecule has 5 heteroatoms. The van der Waals surface area contributed by atoms with Crippen LogP contribution in [0.25, 0.3) is 22.2 Å². The number of carbonyl (C=O) groups is 1. The van der Waals surface area contributed by atoms with E-state index in [4.69, 9.17) is 0 Å². The topological polar surface area (TPSA) is 56.9 Å². The number of aromatic nitrogens is 1. The molecule has 2 amide bonds. The van der Waals surface area contributed by atoms with Crippen molar-refractivity contribution in [3.63, 3.8) is 0 Å². The summed E-state index contributed by atoms with van der Waals surface area (Å²) in [5, 5.41) is 6.85. The predicted octanol–water partition coefficient (Wildman–Crippen LogP) is 6.24. The van der Waals surface area contributed by atoms with Crippen molar-refractivity contribution in [2.24, 2.45) is 0 Å². The number of para-hydroxylation sites is 2. The van der Waals surface area contributed by atoms with Crippen molar-refractivity contribution in [2.45, 2.75) is 0 Å². The van der Waals surface area contributed by atoms with Gasteiger partial charge in [-0.1, -0.05) is 60.7 Å². The van der Waals surface area contributed by atoms with Gasteiger partial charge in [0.2, 0.25) is 0 Å². The van der Waals surface area contributed by atoms with Crippen molar-refractivity contribution in [3.8, 4) is 11.3 Å². The second kappa shape index (κ2) is 7.06. The number of aromatic amines is 1. The number of hydrogen-bond donors (Lipinski definition) is 3. The quantitative estimate of drug-likeness (QED) is 0.371. The number of hydrogen-bond acceptors (Lipinski definition) is 1. The van der Waals surface area contributed by atoms with E-state index in [9.17, 15) is 4.79 Å². The van der Waals surface area contributed by atoms with E-state index < -0.39 is 0 Å². The minimum atomic E-state index is -0.293. The largest absolute Gasteiger partial charge is 0.353 e. The Kier molecular flexibility index (Phi) is 4.46. The Bertz CT molecular complexity index is 1070. The third kappa shape index (κ3) is 3.21. The number of fused-ring (bicyclic) bond motifs is 1. The molecule has 0 atom stereocenters. The number of carbonyl (C=O) groups excluding carboxylic acids is 1. The van der Waals surface area contributed by atoms with E-state index in [-0.39, 0.29) is 6.03 Å². The van der Waals surface area contributed by atoms with Crippen LogP contribution in [0.2, 0.25) is 0 Å². The molecule has 1 heterocycles. The normalized spacial score (nSPS) is 10.7. The molecular weight excluding hydrogens is 390 g/mol. The minimum Gasteiger partial charge on any atom is -0.353 e. The molecule has 0 saturated heterocycles. The van der Waals surface area contributed by atoms with Gasteiger partial charge < -0.3 is 15.6 Å². The van der Waals surface area contributed by atoms with Crippen LogP contribution >= 0.6 is 15.9 Å². The van der Waals surface area contributed by atoms with Crippen LogP contribution < -0.4 is 10.6 Å². The molecule has 0 radical (unpaired) electrons. The molecule has 1 aromatic heterocycles. The summed E-state index contributed by atoms with van der Waals surface area (Å²) in [4.78, 5) is 16.0. The van der Waals surface area contributed by atoms with E-state index in [1.807, 2.05) is 78.9 Å². The lowest BCUT2D eigenvalue weighted by Gasteiger charge is -2.10. The van der Waals surface area contributed by atoms with E-state index in [2.05, 4.69) is 31.5 Å². The molecule has 0 saturated carbocycles. The first-order chi connectivity index (χ1) is 12.7. The van der Waals surface area contributed by atoms with E-state index in [1.165, 1.54) is 0 Å². The lowest BCUT2D eigenvalue weighted by Crippen LogP contribution is -2.19. The molecule has 0 aliphatic heterocycles. The monoisotopic (exact) mass is 405 g/mol. The molecule has 0 unspecified atom stereocenters. The maximum atomic E-state index is 12.6. The number of nitrogens with one attached hydrogen (secondary N) is 3. The molecule has 0 fully saturated rings. The predicted molar refractivity (Wildman–Crippen MR) is 111 cm³/mol. The SMILES string of the molecule is O=C(Nc1ccccc1Br)Nc1c(-c2ccccc2)[nH]c2ccccc12. The lowest BCUT2D eigenvalue weighted by molar-refractivity contribution is 0.262. The Morgan fingerprint density at radius 3 is 2.31 bits per heavy atom. The Morgan fingerprint density at radius 2 is 1.50 bits per heavy atom. The van der Waals surface area contributed by atoms with E-state index >= 15 is 0 Å². The average molecular weight is 406 g/mol. The van der Waals surface area contributed by atoms with Gasteiger partial charge in [-0.15, -0.1) is 0 Å².